The van der Waals surface area contributed by atoms with Gasteiger partial charge in [-0.25, -0.2) is 15.0 Å². The van der Waals surface area contributed by atoms with Gasteiger partial charge in [-0.3, -0.25) is 0 Å². The van der Waals surface area contributed by atoms with Gasteiger partial charge in [0.2, 0.25) is 0 Å². The summed E-state index contributed by atoms with van der Waals surface area (Å²) in [5.41, 5.74) is 12.9. The van der Waals surface area contributed by atoms with Gasteiger partial charge >= 0.3 is 0 Å². The van der Waals surface area contributed by atoms with Crippen molar-refractivity contribution in [1.29, 1.82) is 0 Å². The molecule has 6 heteroatoms. The van der Waals surface area contributed by atoms with Gasteiger partial charge in [-0.15, -0.1) is 0 Å². The summed E-state index contributed by atoms with van der Waals surface area (Å²) >= 11 is 0. The molecule has 0 aliphatic heterocycles. The Kier molecular flexibility index (Phi) is 7.43. The summed E-state index contributed by atoms with van der Waals surface area (Å²) in [6.45, 7) is 0. The van der Waals surface area contributed by atoms with Crippen molar-refractivity contribution in [3.63, 3.8) is 0 Å². The summed E-state index contributed by atoms with van der Waals surface area (Å²) < 4.78 is 7.17. The number of para-hydroxylation sites is 3. The maximum Gasteiger partial charge on any atom is 0.164 e. The van der Waals surface area contributed by atoms with Crippen LogP contribution in [0.25, 0.3) is 106 Å². The lowest BCUT2D eigenvalue weighted by Crippen LogP contribution is -2.01. The number of hydrogen-bond acceptors (Lipinski definition) is 3. The Morgan fingerprint density at radius 2 is 0.780 bits per heavy atom. The van der Waals surface area contributed by atoms with E-state index in [-0.39, 0.29) is 0 Å². The van der Waals surface area contributed by atoms with Crippen LogP contribution < -0.4 is 0 Å². The van der Waals surface area contributed by atoms with Gasteiger partial charge in [0.05, 0.1) is 33.3 Å². The van der Waals surface area contributed by atoms with Crippen molar-refractivity contribution in [3.05, 3.63) is 206 Å². The third kappa shape index (κ3) is 5.24. The third-order valence-corrected chi connectivity index (χ3v) is 11.5. The van der Waals surface area contributed by atoms with Crippen molar-refractivity contribution in [3.8, 4) is 56.8 Å². The first-order chi connectivity index (χ1) is 29.3. The summed E-state index contributed by atoms with van der Waals surface area (Å²) in [6, 6.07) is 70.5. The Morgan fingerprint density at radius 1 is 0.322 bits per heavy atom. The molecule has 7 aromatic carbocycles. The van der Waals surface area contributed by atoms with Crippen molar-refractivity contribution in [2.24, 2.45) is 0 Å². The molecule has 6 nitrogen and oxygen atoms in total. The molecule has 12 aromatic rings. The number of fused-ring (bicyclic) bond motifs is 8. The zero-order valence-electron chi connectivity index (χ0n) is 31.8. The molecule has 59 heavy (non-hydrogen) atoms. The van der Waals surface area contributed by atoms with Crippen LogP contribution in [-0.4, -0.2) is 28.5 Å². The molecule has 0 unspecified atom stereocenters. The van der Waals surface area contributed by atoms with Gasteiger partial charge in [-0.1, -0.05) is 146 Å². The average Bonchev–Trinajstić information content (AvgIpc) is 3.95. The summed E-state index contributed by atoms with van der Waals surface area (Å²) in [4.78, 5) is 15.1. The van der Waals surface area contributed by atoms with E-state index in [4.69, 9.17) is 15.0 Å². The zero-order chi connectivity index (χ0) is 38.9. The molecule has 0 fully saturated rings. The van der Waals surface area contributed by atoms with Crippen molar-refractivity contribution in [2.45, 2.75) is 0 Å². The molecule has 0 N–H and O–H groups in total. The predicted molar refractivity (Wildman–Crippen MR) is 241 cm³/mol. The van der Waals surface area contributed by atoms with Gasteiger partial charge in [-0.2, -0.15) is 0 Å². The molecule has 5 aromatic heterocycles. The van der Waals surface area contributed by atoms with Crippen LogP contribution in [0, 0.1) is 0 Å². The van der Waals surface area contributed by atoms with Gasteiger partial charge in [0.15, 0.2) is 17.5 Å². The lowest BCUT2D eigenvalue weighted by molar-refractivity contribution is 1.07. The highest BCUT2D eigenvalue weighted by Gasteiger charge is 2.24. The first-order valence-corrected chi connectivity index (χ1v) is 19.9. The predicted octanol–water partition coefficient (Wildman–Crippen LogP) is 13.0. The molecular weight excluding hydrogens is 721 g/mol. The highest BCUT2D eigenvalue weighted by molar-refractivity contribution is 6.21. The molecule has 0 aliphatic carbocycles. The fourth-order valence-electron chi connectivity index (χ4n) is 8.94. The van der Waals surface area contributed by atoms with Crippen LogP contribution in [0.1, 0.15) is 0 Å². The van der Waals surface area contributed by atoms with E-state index in [9.17, 15) is 0 Å². The molecule has 0 atom stereocenters. The van der Waals surface area contributed by atoms with E-state index in [2.05, 4.69) is 159 Å². The molecule has 0 radical (unpaired) electrons. The molecule has 12 rings (SSSR count). The van der Waals surface area contributed by atoms with Gasteiger partial charge < -0.3 is 13.5 Å². The number of nitrogens with zero attached hydrogens (tertiary/aromatic N) is 6. The highest BCUT2D eigenvalue weighted by atomic mass is 15.1. The normalized spacial score (nSPS) is 11.7. The molecule has 0 bridgehead atoms. The second-order valence-corrected chi connectivity index (χ2v) is 14.9. The highest BCUT2D eigenvalue weighted by Crippen LogP contribution is 2.43. The van der Waals surface area contributed by atoms with E-state index < -0.39 is 0 Å². The Bertz CT molecular complexity index is 3450. The monoisotopic (exact) mass is 754 g/mol. The fraction of sp³-hybridized carbons (Fsp3) is 0. The van der Waals surface area contributed by atoms with Gasteiger partial charge in [0, 0.05) is 61.4 Å². The SMILES string of the molecule is c1ccc(-c2nc(-c3ccccc3)nc(-c3cccc(-c4c5c(c6ccccc6n5-c5cccc(-n6c7ccccc7c7ccccc76)c5)c5ccccn45)c3)n2)cc1. The number of benzene rings is 7. The quantitative estimate of drug-likeness (QED) is 0.170. The largest absolute Gasteiger partial charge is 0.314 e. The fourth-order valence-corrected chi connectivity index (χ4v) is 8.94. The van der Waals surface area contributed by atoms with Crippen molar-refractivity contribution in [2.75, 3.05) is 0 Å². The van der Waals surface area contributed by atoms with E-state index in [1.165, 1.54) is 32.6 Å². The van der Waals surface area contributed by atoms with Crippen LogP contribution in [0.15, 0.2) is 206 Å². The topological polar surface area (TPSA) is 52.9 Å². The van der Waals surface area contributed by atoms with E-state index in [0.29, 0.717) is 17.5 Å². The van der Waals surface area contributed by atoms with Crippen molar-refractivity contribution in [1.82, 2.24) is 28.5 Å². The molecule has 0 saturated heterocycles. The van der Waals surface area contributed by atoms with Gasteiger partial charge in [0.1, 0.15) is 0 Å². The smallest absolute Gasteiger partial charge is 0.164 e. The number of pyridine rings is 1. The molecule has 5 heterocycles. The molecule has 276 valence electrons. The van der Waals surface area contributed by atoms with E-state index >= 15 is 0 Å². The summed E-state index contributed by atoms with van der Waals surface area (Å²) in [7, 11) is 0. The van der Waals surface area contributed by atoms with Gasteiger partial charge in [-0.05, 0) is 54.6 Å². The Morgan fingerprint density at radius 3 is 1.42 bits per heavy atom. The maximum atomic E-state index is 5.09. The van der Waals surface area contributed by atoms with Crippen LogP contribution in [0.2, 0.25) is 0 Å². The Hall–Kier alpha value is -8.09. The number of aromatic nitrogens is 6. The maximum absolute atomic E-state index is 5.09. The first-order valence-electron chi connectivity index (χ1n) is 19.9. The Labute approximate surface area is 339 Å². The molecule has 0 amide bonds. The average molecular weight is 755 g/mol. The minimum absolute atomic E-state index is 0.621. The zero-order valence-corrected chi connectivity index (χ0v) is 31.8. The summed E-state index contributed by atoms with van der Waals surface area (Å²) in [6.07, 6.45) is 2.18. The lowest BCUT2D eigenvalue weighted by atomic mass is 10.1. The lowest BCUT2D eigenvalue weighted by Gasteiger charge is -2.14. The molecule has 0 aliphatic rings. The van der Waals surface area contributed by atoms with E-state index in [1.807, 2.05) is 60.7 Å². The standard InChI is InChI=1S/C53H34N6/c1-3-17-35(18-4-1)51-54-52(36-19-5-2-6-20-36)56-53(55-51)38-22-15-21-37(33-38)49-50-48(47-31-13-14-32-57(47)49)43-27-9-12-30-46(43)59(50)40-24-16-23-39(34-40)58-44-28-10-7-25-41(44)42-26-8-11-29-45(42)58/h1-34H. The van der Waals surface area contributed by atoms with Gasteiger partial charge in [0.25, 0.3) is 0 Å². The molecular formula is C53H34N6. The first kappa shape index (κ1) is 33.1. The molecule has 0 spiro atoms. The number of hydrogen-bond donors (Lipinski definition) is 0. The minimum Gasteiger partial charge on any atom is -0.314 e. The van der Waals surface area contributed by atoms with Crippen LogP contribution in [0.4, 0.5) is 0 Å². The van der Waals surface area contributed by atoms with Crippen LogP contribution >= 0.6 is 0 Å². The second-order valence-electron chi connectivity index (χ2n) is 14.9. The summed E-state index contributed by atoms with van der Waals surface area (Å²) in [5, 5.41) is 4.90. The number of rotatable bonds is 6. The van der Waals surface area contributed by atoms with Crippen LogP contribution in [-0.2, 0) is 0 Å². The van der Waals surface area contributed by atoms with Crippen molar-refractivity contribution < 1.29 is 0 Å². The van der Waals surface area contributed by atoms with E-state index in [1.54, 1.807) is 0 Å². The van der Waals surface area contributed by atoms with E-state index in [0.717, 1.165) is 55.9 Å². The second kappa shape index (κ2) is 13.3. The minimum atomic E-state index is 0.621. The van der Waals surface area contributed by atoms with Crippen molar-refractivity contribution >= 4 is 49.1 Å². The molecule has 0 saturated carbocycles. The van der Waals surface area contributed by atoms with Crippen LogP contribution in [0.5, 0.6) is 0 Å². The summed E-state index contributed by atoms with van der Waals surface area (Å²) in [5.74, 6) is 1.90. The third-order valence-electron chi connectivity index (χ3n) is 11.5. The Balaban J connectivity index is 1.10. The van der Waals surface area contributed by atoms with Crippen LogP contribution in [0.3, 0.4) is 0 Å².